The normalized spacial score (nSPS) is 10.4. The van der Waals surface area contributed by atoms with Crippen molar-refractivity contribution >= 4 is 11.6 Å². The number of hydrogen-bond acceptors (Lipinski definition) is 4. The highest BCUT2D eigenvalue weighted by Crippen LogP contribution is 2.15. The van der Waals surface area contributed by atoms with Gasteiger partial charge in [0.2, 0.25) is 5.91 Å². The molecule has 0 aliphatic rings. The Kier molecular flexibility index (Phi) is 2.67. The molecular weight excluding hydrogens is 208 g/mol. The van der Waals surface area contributed by atoms with Gasteiger partial charge in [-0.15, -0.1) is 0 Å². The number of carbonyl (C=O) groups excluding carboxylic acids is 1. The fourth-order valence-electron chi connectivity index (χ4n) is 1.38. The lowest BCUT2D eigenvalue weighted by Gasteiger charge is -2.04. The first-order valence-corrected chi connectivity index (χ1v) is 4.80. The van der Waals surface area contributed by atoms with Crippen LogP contribution in [0.25, 0.3) is 0 Å². The zero-order chi connectivity index (χ0) is 11.5. The maximum atomic E-state index is 11.6. The summed E-state index contributed by atoms with van der Waals surface area (Å²) in [6.07, 6.45) is 2.89. The number of aromatic nitrogens is 5. The van der Waals surface area contributed by atoms with Crippen LogP contribution in [0.5, 0.6) is 0 Å². The SMILES string of the molecule is Cc1n[nH]c(C)c1NC(=O)Cn1cncn1. The Morgan fingerprint density at radius 1 is 1.56 bits per heavy atom. The molecule has 7 heteroatoms. The molecule has 7 nitrogen and oxygen atoms in total. The van der Waals surface area contributed by atoms with Gasteiger partial charge in [-0.05, 0) is 13.8 Å². The van der Waals surface area contributed by atoms with Crippen LogP contribution in [0.1, 0.15) is 11.4 Å². The van der Waals surface area contributed by atoms with E-state index in [1.54, 1.807) is 0 Å². The molecule has 16 heavy (non-hydrogen) atoms. The predicted molar refractivity (Wildman–Crippen MR) is 56.7 cm³/mol. The van der Waals surface area contributed by atoms with E-state index in [0.717, 1.165) is 17.1 Å². The maximum absolute atomic E-state index is 11.6. The lowest BCUT2D eigenvalue weighted by molar-refractivity contribution is -0.116. The minimum absolute atomic E-state index is 0.143. The summed E-state index contributed by atoms with van der Waals surface area (Å²) in [5, 5.41) is 13.4. The Morgan fingerprint density at radius 2 is 2.38 bits per heavy atom. The van der Waals surface area contributed by atoms with Crippen molar-refractivity contribution in [2.75, 3.05) is 5.32 Å². The van der Waals surface area contributed by atoms with Gasteiger partial charge in [0, 0.05) is 0 Å². The van der Waals surface area contributed by atoms with E-state index in [1.165, 1.54) is 17.3 Å². The van der Waals surface area contributed by atoms with Gasteiger partial charge in [0.1, 0.15) is 19.2 Å². The number of aromatic amines is 1. The first-order valence-electron chi connectivity index (χ1n) is 4.80. The molecule has 0 aliphatic carbocycles. The molecule has 2 rings (SSSR count). The largest absolute Gasteiger partial charge is 0.321 e. The quantitative estimate of drug-likeness (QED) is 0.776. The van der Waals surface area contributed by atoms with Gasteiger partial charge in [0.25, 0.3) is 0 Å². The van der Waals surface area contributed by atoms with Gasteiger partial charge in [-0.3, -0.25) is 9.89 Å². The second-order valence-corrected chi connectivity index (χ2v) is 3.45. The molecule has 0 aromatic carbocycles. The lowest BCUT2D eigenvalue weighted by Crippen LogP contribution is -2.19. The number of carbonyl (C=O) groups is 1. The van der Waals surface area contributed by atoms with Crippen LogP contribution in [0.15, 0.2) is 12.7 Å². The third-order valence-corrected chi connectivity index (χ3v) is 2.16. The third kappa shape index (κ3) is 2.08. The molecule has 0 atom stereocenters. The summed E-state index contributed by atoms with van der Waals surface area (Å²) in [7, 11) is 0. The van der Waals surface area contributed by atoms with Crippen LogP contribution < -0.4 is 5.32 Å². The molecule has 2 N–H and O–H groups in total. The van der Waals surface area contributed by atoms with Crippen LogP contribution in [0.4, 0.5) is 5.69 Å². The van der Waals surface area contributed by atoms with Crippen molar-refractivity contribution in [1.29, 1.82) is 0 Å². The molecule has 84 valence electrons. The van der Waals surface area contributed by atoms with Crippen LogP contribution >= 0.6 is 0 Å². The van der Waals surface area contributed by atoms with Crippen LogP contribution in [0.2, 0.25) is 0 Å². The van der Waals surface area contributed by atoms with Crippen LogP contribution in [0.3, 0.4) is 0 Å². The molecule has 2 aromatic rings. The van der Waals surface area contributed by atoms with Crippen LogP contribution in [-0.2, 0) is 11.3 Å². The van der Waals surface area contributed by atoms with E-state index in [9.17, 15) is 4.79 Å². The maximum Gasteiger partial charge on any atom is 0.246 e. The van der Waals surface area contributed by atoms with E-state index >= 15 is 0 Å². The molecule has 1 amide bonds. The Labute approximate surface area is 91.9 Å². The van der Waals surface area contributed by atoms with Gasteiger partial charge < -0.3 is 5.32 Å². The van der Waals surface area contributed by atoms with Crippen molar-refractivity contribution in [2.24, 2.45) is 0 Å². The van der Waals surface area contributed by atoms with Crippen molar-refractivity contribution in [1.82, 2.24) is 25.0 Å². The summed E-state index contributed by atoms with van der Waals surface area (Å²) in [6, 6.07) is 0. The molecule has 0 fully saturated rings. The number of nitrogens with one attached hydrogen (secondary N) is 2. The summed E-state index contributed by atoms with van der Waals surface area (Å²) >= 11 is 0. The number of anilines is 1. The second kappa shape index (κ2) is 4.13. The Bertz CT molecular complexity index is 467. The fraction of sp³-hybridized carbons (Fsp3) is 0.333. The van der Waals surface area contributed by atoms with Gasteiger partial charge in [0.15, 0.2) is 0 Å². The molecule has 0 saturated carbocycles. The number of amides is 1. The Morgan fingerprint density at radius 3 is 2.94 bits per heavy atom. The van der Waals surface area contributed by atoms with Crippen LogP contribution in [-0.4, -0.2) is 30.9 Å². The van der Waals surface area contributed by atoms with E-state index in [0.29, 0.717) is 0 Å². The van der Waals surface area contributed by atoms with Crippen LogP contribution in [0, 0.1) is 13.8 Å². The van der Waals surface area contributed by atoms with Gasteiger partial charge in [-0.2, -0.15) is 10.2 Å². The van der Waals surface area contributed by atoms with E-state index in [2.05, 4.69) is 25.6 Å². The first kappa shape index (κ1) is 10.3. The van der Waals surface area contributed by atoms with E-state index < -0.39 is 0 Å². The summed E-state index contributed by atoms with van der Waals surface area (Å²) in [5.74, 6) is -0.155. The predicted octanol–water partition coefficient (Wildman–Crippen LogP) is 0.257. The van der Waals surface area contributed by atoms with Crippen molar-refractivity contribution < 1.29 is 4.79 Å². The smallest absolute Gasteiger partial charge is 0.246 e. The fourth-order valence-corrected chi connectivity index (χ4v) is 1.38. The van der Waals surface area contributed by atoms with Gasteiger partial charge >= 0.3 is 0 Å². The standard InChI is InChI=1S/C9H12N6O/c1-6-9(7(2)14-13-6)12-8(16)3-15-5-10-4-11-15/h4-5H,3H2,1-2H3,(H,12,16)(H,13,14). The Balaban J connectivity index is 2.03. The topological polar surface area (TPSA) is 88.5 Å². The highest BCUT2D eigenvalue weighted by molar-refractivity contribution is 5.91. The van der Waals surface area contributed by atoms with Crippen molar-refractivity contribution in [3.63, 3.8) is 0 Å². The Hall–Kier alpha value is -2.18. The summed E-state index contributed by atoms with van der Waals surface area (Å²) < 4.78 is 1.46. The molecule has 2 aromatic heterocycles. The highest BCUT2D eigenvalue weighted by Gasteiger charge is 2.10. The molecule has 0 bridgehead atoms. The molecule has 0 aliphatic heterocycles. The molecular formula is C9H12N6O. The average molecular weight is 220 g/mol. The molecule has 0 spiro atoms. The summed E-state index contributed by atoms with van der Waals surface area (Å²) in [4.78, 5) is 15.4. The number of rotatable bonds is 3. The number of H-pyrrole nitrogens is 1. The van der Waals surface area contributed by atoms with Crippen molar-refractivity contribution in [3.8, 4) is 0 Å². The zero-order valence-electron chi connectivity index (χ0n) is 9.06. The average Bonchev–Trinajstić information content (AvgIpc) is 2.83. The van der Waals surface area contributed by atoms with Gasteiger partial charge in [-0.25, -0.2) is 9.67 Å². The molecule has 0 unspecified atom stereocenters. The highest BCUT2D eigenvalue weighted by atomic mass is 16.2. The molecule has 0 saturated heterocycles. The minimum atomic E-state index is -0.155. The number of hydrogen-bond donors (Lipinski definition) is 2. The summed E-state index contributed by atoms with van der Waals surface area (Å²) in [5.41, 5.74) is 2.33. The third-order valence-electron chi connectivity index (χ3n) is 2.16. The van der Waals surface area contributed by atoms with E-state index in [-0.39, 0.29) is 12.5 Å². The second-order valence-electron chi connectivity index (χ2n) is 3.45. The number of nitrogens with zero attached hydrogens (tertiary/aromatic N) is 4. The minimum Gasteiger partial charge on any atom is -0.321 e. The van der Waals surface area contributed by atoms with Gasteiger partial charge in [-0.1, -0.05) is 0 Å². The lowest BCUT2D eigenvalue weighted by atomic mass is 10.3. The van der Waals surface area contributed by atoms with E-state index in [4.69, 9.17) is 0 Å². The first-order chi connectivity index (χ1) is 7.66. The number of aryl methyl sites for hydroxylation is 2. The van der Waals surface area contributed by atoms with Crippen molar-refractivity contribution in [2.45, 2.75) is 20.4 Å². The molecule has 0 radical (unpaired) electrons. The zero-order valence-corrected chi connectivity index (χ0v) is 9.06. The van der Waals surface area contributed by atoms with Crippen molar-refractivity contribution in [3.05, 3.63) is 24.0 Å². The molecule has 2 heterocycles. The summed E-state index contributed by atoms with van der Waals surface area (Å²) in [6.45, 7) is 3.82. The van der Waals surface area contributed by atoms with Gasteiger partial charge in [0.05, 0.1) is 17.1 Å². The monoisotopic (exact) mass is 220 g/mol. The van der Waals surface area contributed by atoms with E-state index in [1.807, 2.05) is 13.8 Å².